The number of amides is 3. The van der Waals surface area contributed by atoms with Crippen molar-refractivity contribution in [2.45, 2.75) is 69.7 Å². The van der Waals surface area contributed by atoms with Gasteiger partial charge in [0, 0.05) is 26.2 Å². The first-order chi connectivity index (χ1) is 18.9. The minimum absolute atomic E-state index is 0.104. The summed E-state index contributed by atoms with van der Waals surface area (Å²) in [6, 6.07) is 7.60. The fourth-order valence-electron chi connectivity index (χ4n) is 7.18. The molecule has 1 aromatic carbocycles. The molecule has 1 aromatic rings. The van der Waals surface area contributed by atoms with E-state index in [-0.39, 0.29) is 24.3 Å². The Morgan fingerprint density at radius 2 is 1.59 bits per heavy atom. The monoisotopic (exact) mass is 535 g/mol. The molecule has 0 saturated carbocycles. The molecule has 210 valence electrons. The van der Waals surface area contributed by atoms with Crippen LogP contribution < -0.4 is 0 Å². The molecule has 0 aliphatic carbocycles. The number of aliphatic hydroxyl groups excluding tert-OH is 1. The number of carbonyl (C=O) groups is 3. The summed E-state index contributed by atoms with van der Waals surface area (Å²) in [6.07, 6.45) is 10.8. The number of rotatable bonds is 9. The van der Waals surface area contributed by atoms with Crippen LogP contribution in [0.25, 0.3) is 0 Å². The molecule has 4 heterocycles. The lowest BCUT2D eigenvalue weighted by molar-refractivity contribution is -0.157. The third-order valence-electron chi connectivity index (χ3n) is 9.01. The molecule has 0 aromatic heterocycles. The summed E-state index contributed by atoms with van der Waals surface area (Å²) < 4.78 is 7.02. The van der Waals surface area contributed by atoms with Gasteiger partial charge in [-0.25, -0.2) is 0 Å². The van der Waals surface area contributed by atoms with Gasteiger partial charge in [-0.15, -0.1) is 0 Å². The van der Waals surface area contributed by atoms with Gasteiger partial charge in [-0.2, -0.15) is 0 Å². The van der Waals surface area contributed by atoms with Gasteiger partial charge in [0.15, 0.2) is 0 Å². The summed E-state index contributed by atoms with van der Waals surface area (Å²) in [6.45, 7) is 7.78. The Kier molecular flexibility index (Phi) is 7.71. The standard InChI is InChI=1S/C31H41N3O5/c1-4-7-18-33-20-12-16-31-25(24-27(36)32(17-5-2)19-11-15-30(24,6-3)39-31)28(37)34(26(31)29(33)38)23(21-35)22-13-9-8-10-14-22/h8-16,23-26,35H,4-7,17-21H2,1-3H3/t23-,24+,25+,26?,30-,31+/m1/s1. The molecule has 3 amide bonds. The highest BCUT2D eigenvalue weighted by atomic mass is 16.5. The van der Waals surface area contributed by atoms with Gasteiger partial charge in [-0.3, -0.25) is 14.4 Å². The van der Waals surface area contributed by atoms with E-state index in [1.807, 2.05) is 73.4 Å². The second kappa shape index (κ2) is 10.9. The average Bonchev–Trinajstić information content (AvgIpc) is 3.25. The predicted molar refractivity (Wildman–Crippen MR) is 147 cm³/mol. The first kappa shape index (κ1) is 27.6. The lowest BCUT2D eigenvalue weighted by Crippen LogP contribution is -2.57. The van der Waals surface area contributed by atoms with Gasteiger partial charge in [-0.05, 0) is 24.8 Å². The molecule has 1 unspecified atom stereocenters. The van der Waals surface area contributed by atoms with Crippen LogP contribution in [0.1, 0.15) is 58.1 Å². The zero-order valence-corrected chi connectivity index (χ0v) is 23.3. The molecule has 2 saturated heterocycles. The molecule has 39 heavy (non-hydrogen) atoms. The highest BCUT2D eigenvalue weighted by Gasteiger charge is 2.76. The van der Waals surface area contributed by atoms with Gasteiger partial charge in [0.25, 0.3) is 0 Å². The largest absolute Gasteiger partial charge is 0.394 e. The van der Waals surface area contributed by atoms with Crippen LogP contribution in [0.2, 0.25) is 0 Å². The number of carbonyl (C=O) groups excluding carboxylic acids is 3. The summed E-state index contributed by atoms with van der Waals surface area (Å²) >= 11 is 0. The first-order valence-corrected chi connectivity index (χ1v) is 14.5. The van der Waals surface area contributed by atoms with Crippen LogP contribution in [0, 0.1) is 11.8 Å². The van der Waals surface area contributed by atoms with Crippen molar-refractivity contribution in [3.63, 3.8) is 0 Å². The molecular weight excluding hydrogens is 494 g/mol. The van der Waals surface area contributed by atoms with Gasteiger partial charge >= 0.3 is 0 Å². The van der Waals surface area contributed by atoms with Crippen LogP contribution in [-0.2, 0) is 19.1 Å². The van der Waals surface area contributed by atoms with Crippen molar-refractivity contribution in [2.75, 3.05) is 32.8 Å². The van der Waals surface area contributed by atoms with Gasteiger partial charge in [0.2, 0.25) is 17.7 Å². The minimum atomic E-state index is -1.31. The van der Waals surface area contributed by atoms with E-state index in [0.29, 0.717) is 32.6 Å². The van der Waals surface area contributed by atoms with Crippen molar-refractivity contribution in [1.29, 1.82) is 0 Å². The smallest absolute Gasteiger partial charge is 0.249 e. The lowest BCUT2D eigenvalue weighted by atomic mass is 9.73. The lowest BCUT2D eigenvalue weighted by Gasteiger charge is -2.41. The van der Waals surface area contributed by atoms with E-state index in [2.05, 4.69) is 6.92 Å². The van der Waals surface area contributed by atoms with Gasteiger partial charge < -0.3 is 24.5 Å². The Morgan fingerprint density at radius 1 is 0.897 bits per heavy atom. The Morgan fingerprint density at radius 3 is 2.23 bits per heavy atom. The molecule has 8 heteroatoms. The summed E-state index contributed by atoms with van der Waals surface area (Å²) in [7, 11) is 0. The van der Waals surface area contributed by atoms with E-state index >= 15 is 0 Å². The Hall–Kier alpha value is -2.97. The van der Waals surface area contributed by atoms with Crippen LogP contribution >= 0.6 is 0 Å². The maximum absolute atomic E-state index is 14.7. The number of likely N-dealkylation sites (tertiary alicyclic amines) is 1. The quantitative estimate of drug-likeness (QED) is 0.491. The zero-order chi connectivity index (χ0) is 27.8. The topological polar surface area (TPSA) is 90.4 Å². The zero-order valence-electron chi connectivity index (χ0n) is 23.3. The Labute approximate surface area is 231 Å². The summed E-state index contributed by atoms with van der Waals surface area (Å²) in [5.74, 6) is -2.24. The average molecular weight is 536 g/mol. The van der Waals surface area contributed by atoms with Crippen LogP contribution in [0.4, 0.5) is 0 Å². The van der Waals surface area contributed by atoms with E-state index < -0.39 is 35.1 Å². The number of hydrogen-bond acceptors (Lipinski definition) is 5. The fourth-order valence-corrected chi connectivity index (χ4v) is 7.18. The van der Waals surface area contributed by atoms with Gasteiger partial charge in [0.05, 0.1) is 30.1 Å². The summed E-state index contributed by atoms with van der Waals surface area (Å²) in [5, 5.41) is 10.6. The predicted octanol–water partition coefficient (Wildman–Crippen LogP) is 3.09. The SMILES string of the molecule is CCCCN1CC=C[C@]23O[C@]4(CC)C=CCN(CCC)C(=O)[C@@H]4[C@H]2C(=O)N([C@H](CO)c2ccccc2)C3C1=O. The molecule has 0 bridgehead atoms. The highest BCUT2D eigenvalue weighted by Crippen LogP contribution is 2.59. The summed E-state index contributed by atoms with van der Waals surface area (Å²) in [4.78, 5) is 48.4. The fraction of sp³-hybridized carbons (Fsp3) is 0.581. The number of hydrogen-bond donors (Lipinski definition) is 1. The van der Waals surface area contributed by atoms with Crippen LogP contribution in [0.15, 0.2) is 54.6 Å². The van der Waals surface area contributed by atoms with E-state index in [1.165, 1.54) is 0 Å². The molecule has 8 nitrogen and oxygen atoms in total. The number of aliphatic hydroxyl groups is 1. The third kappa shape index (κ3) is 4.23. The normalized spacial score (nSPS) is 32.7. The van der Waals surface area contributed by atoms with Crippen molar-refractivity contribution >= 4 is 17.7 Å². The van der Waals surface area contributed by atoms with E-state index in [1.54, 1.807) is 9.80 Å². The number of benzene rings is 1. The minimum Gasteiger partial charge on any atom is -0.394 e. The molecule has 2 fully saturated rings. The molecule has 4 aliphatic heterocycles. The molecule has 6 atom stereocenters. The molecular formula is C31H41N3O5. The van der Waals surface area contributed by atoms with Crippen molar-refractivity contribution in [3.05, 3.63) is 60.2 Å². The van der Waals surface area contributed by atoms with Crippen LogP contribution in [0.5, 0.6) is 0 Å². The summed E-state index contributed by atoms with van der Waals surface area (Å²) in [5.41, 5.74) is -1.56. The van der Waals surface area contributed by atoms with Crippen molar-refractivity contribution in [1.82, 2.24) is 14.7 Å². The maximum atomic E-state index is 14.7. The molecule has 0 radical (unpaired) electrons. The van der Waals surface area contributed by atoms with Crippen molar-refractivity contribution < 1.29 is 24.2 Å². The Bertz CT molecular complexity index is 1150. The third-order valence-corrected chi connectivity index (χ3v) is 9.01. The molecule has 1 spiro atoms. The number of nitrogens with zero attached hydrogens (tertiary/aromatic N) is 3. The second-order valence-corrected chi connectivity index (χ2v) is 11.2. The maximum Gasteiger partial charge on any atom is 0.249 e. The van der Waals surface area contributed by atoms with Gasteiger partial charge in [-0.1, -0.05) is 81.8 Å². The molecule has 5 rings (SSSR count). The number of ether oxygens (including phenoxy) is 1. The molecule has 4 aliphatic rings. The number of unbranched alkanes of at least 4 members (excludes halogenated alkanes) is 1. The van der Waals surface area contributed by atoms with E-state index in [4.69, 9.17) is 4.74 Å². The van der Waals surface area contributed by atoms with Crippen LogP contribution in [-0.4, -0.2) is 87.6 Å². The second-order valence-electron chi connectivity index (χ2n) is 11.2. The first-order valence-electron chi connectivity index (χ1n) is 14.5. The van der Waals surface area contributed by atoms with E-state index in [9.17, 15) is 19.5 Å². The number of fused-ring (bicyclic) bond motifs is 2. The molecule has 1 N–H and O–H groups in total. The van der Waals surface area contributed by atoms with Crippen molar-refractivity contribution in [3.8, 4) is 0 Å². The van der Waals surface area contributed by atoms with Crippen molar-refractivity contribution in [2.24, 2.45) is 11.8 Å². The Balaban J connectivity index is 1.69. The van der Waals surface area contributed by atoms with E-state index in [0.717, 1.165) is 24.8 Å². The van der Waals surface area contributed by atoms with Crippen LogP contribution in [0.3, 0.4) is 0 Å². The highest BCUT2D eigenvalue weighted by molar-refractivity contribution is 6.00. The van der Waals surface area contributed by atoms with Gasteiger partial charge in [0.1, 0.15) is 11.6 Å².